The highest BCUT2D eigenvalue weighted by molar-refractivity contribution is 7.16. The number of nitrogens with zero attached hydrogens (tertiary/aromatic N) is 1. The number of hydrogen-bond donors (Lipinski definition) is 1. The number of thiophene rings is 1. The highest BCUT2D eigenvalue weighted by Crippen LogP contribution is 2.26. The Hall–Kier alpha value is -3.05. The predicted molar refractivity (Wildman–Crippen MR) is 110 cm³/mol. The Balaban J connectivity index is 1.44. The number of amides is 1. The third-order valence-electron chi connectivity index (χ3n) is 4.34. The average molecular weight is 376 g/mol. The van der Waals surface area contributed by atoms with Gasteiger partial charge in [0, 0.05) is 12.7 Å². The van der Waals surface area contributed by atoms with Gasteiger partial charge in [-0.05, 0) is 54.3 Å². The van der Waals surface area contributed by atoms with Crippen molar-refractivity contribution in [3.8, 4) is 10.8 Å². The number of carbonyl (C=O) groups is 1. The topological polar surface area (TPSA) is 43.3 Å². The second kappa shape index (κ2) is 7.68. The van der Waals surface area contributed by atoms with Gasteiger partial charge in [0.1, 0.15) is 10.8 Å². The predicted octanol–water partition coefficient (Wildman–Crippen LogP) is 5.02. The highest BCUT2D eigenvalue weighted by atomic mass is 32.1. The molecule has 4 nitrogen and oxygen atoms in total. The lowest BCUT2D eigenvalue weighted by Crippen LogP contribution is -2.21. The van der Waals surface area contributed by atoms with Crippen LogP contribution in [0.5, 0.6) is 5.75 Å². The van der Waals surface area contributed by atoms with E-state index in [1.165, 1.54) is 16.7 Å². The number of fused-ring (bicyclic) bond motifs is 1. The number of benzene rings is 2. The van der Waals surface area contributed by atoms with E-state index in [9.17, 15) is 4.79 Å². The van der Waals surface area contributed by atoms with Crippen molar-refractivity contribution in [1.82, 2.24) is 9.88 Å². The fourth-order valence-electron chi connectivity index (χ4n) is 2.99. The number of rotatable bonds is 6. The van der Waals surface area contributed by atoms with E-state index in [1.807, 2.05) is 61.7 Å². The van der Waals surface area contributed by atoms with Crippen molar-refractivity contribution in [3.05, 3.63) is 83.4 Å². The van der Waals surface area contributed by atoms with Gasteiger partial charge in [-0.2, -0.15) is 0 Å². The van der Waals surface area contributed by atoms with E-state index in [2.05, 4.69) is 28.1 Å². The second-order valence-corrected chi connectivity index (χ2v) is 7.20. The number of ether oxygens (including phenoxy) is 1. The third-order valence-corrected chi connectivity index (χ3v) is 5.42. The molecule has 0 unspecified atom stereocenters. The zero-order valence-corrected chi connectivity index (χ0v) is 15.8. The SMILES string of the molecule is CCOc1ccc(CNC(=O)c2ccc(-n3ccc4ccccc43)s2)cc1. The summed E-state index contributed by atoms with van der Waals surface area (Å²) in [4.78, 5) is 13.2. The van der Waals surface area contributed by atoms with Crippen LogP contribution in [0.3, 0.4) is 0 Å². The van der Waals surface area contributed by atoms with Gasteiger partial charge in [0.05, 0.1) is 17.0 Å². The molecule has 0 saturated carbocycles. The Labute approximate surface area is 162 Å². The molecule has 0 fully saturated rings. The summed E-state index contributed by atoms with van der Waals surface area (Å²) in [5, 5.41) is 5.20. The molecule has 2 heterocycles. The van der Waals surface area contributed by atoms with Crippen molar-refractivity contribution in [1.29, 1.82) is 0 Å². The van der Waals surface area contributed by atoms with Crippen LogP contribution in [0.4, 0.5) is 0 Å². The zero-order chi connectivity index (χ0) is 18.6. The Morgan fingerprint density at radius 2 is 1.85 bits per heavy atom. The Bertz CT molecular complexity index is 1060. The molecule has 0 aliphatic heterocycles. The molecule has 4 aromatic rings. The summed E-state index contributed by atoms with van der Waals surface area (Å²) in [6.45, 7) is 3.10. The van der Waals surface area contributed by atoms with Gasteiger partial charge in [0.2, 0.25) is 0 Å². The monoisotopic (exact) mass is 376 g/mol. The summed E-state index contributed by atoms with van der Waals surface area (Å²) in [6, 6.07) is 22.0. The van der Waals surface area contributed by atoms with E-state index >= 15 is 0 Å². The summed E-state index contributed by atoms with van der Waals surface area (Å²) >= 11 is 1.49. The molecule has 2 aromatic heterocycles. The fraction of sp³-hybridized carbons (Fsp3) is 0.136. The Morgan fingerprint density at radius 1 is 1.04 bits per heavy atom. The molecule has 0 atom stereocenters. The fourth-order valence-corrected chi connectivity index (χ4v) is 3.91. The van der Waals surface area contributed by atoms with Crippen molar-refractivity contribution >= 4 is 28.1 Å². The highest BCUT2D eigenvalue weighted by Gasteiger charge is 2.11. The van der Waals surface area contributed by atoms with Crippen LogP contribution in [0.1, 0.15) is 22.2 Å². The molecule has 0 aliphatic rings. The van der Waals surface area contributed by atoms with Crippen LogP contribution >= 0.6 is 11.3 Å². The number of nitrogens with one attached hydrogen (secondary N) is 1. The lowest BCUT2D eigenvalue weighted by molar-refractivity contribution is 0.0955. The molecule has 5 heteroatoms. The lowest BCUT2D eigenvalue weighted by atomic mass is 10.2. The normalized spacial score (nSPS) is 10.9. The van der Waals surface area contributed by atoms with Gasteiger partial charge in [0.25, 0.3) is 5.91 Å². The number of aromatic nitrogens is 1. The first-order chi connectivity index (χ1) is 13.2. The molecule has 0 spiro atoms. The van der Waals surface area contributed by atoms with E-state index in [4.69, 9.17) is 4.74 Å². The molecule has 136 valence electrons. The molecule has 0 bridgehead atoms. The molecule has 4 rings (SSSR count). The van der Waals surface area contributed by atoms with E-state index in [0.717, 1.165) is 21.8 Å². The van der Waals surface area contributed by atoms with Crippen LogP contribution in [0, 0.1) is 0 Å². The third kappa shape index (κ3) is 3.73. The van der Waals surface area contributed by atoms with Crippen LogP contribution in [-0.2, 0) is 6.54 Å². The smallest absolute Gasteiger partial charge is 0.261 e. The van der Waals surface area contributed by atoms with E-state index in [1.54, 1.807) is 0 Å². The number of hydrogen-bond acceptors (Lipinski definition) is 3. The maximum absolute atomic E-state index is 12.5. The molecule has 0 radical (unpaired) electrons. The van der Waals surface area contributed by atoms with E-state index in [0.29, 0.717) is 18.0 Å². The lowest BCUT2D eigenvalue weighted by Gasteiger charge is -2.06. The standard InChI is InChI=1S/C22H20N2O2S/c1-2-26-18-9-7-16(8-10-18)15-23-22(25)20-11-12-21(27-20)24-14-13-17-5-3-4-6-19(17)24/h3-14H,2,15H2,1H3,(H,23,25). The molecule has 0 aliphatic carbocycles. The van der Waals surface area contributed by atoms with Crippen molar-refractivity contribution in [2.24, 2.45) is 0 Å². The summed E-state index contributed by atoms with van der Waals surface area (Å²) in [7, 11) is 0. The van der Waals surface area contributed by atoms with Gasteiger partial charge in [-0.3, -0.25) is 4.79 Å². The first kappa shape index (κ1) is 17.4. The maximum Gasteiger partial charge on any atom is 0.261 e. The first-order valence-electron chi connectivity index (χ1n) is 8.91. The molecular weight excluding hydrogens is 356 g/mol. The molecule has 2 aromatic carbocycles. The quantitative estimate of drug-likeness (QED) is 0.513. The van der Waals surface area contributed by atoms with Crippen molar-refractivity contribution < 1.29 is 9.53 Å². The Morgan fingerprint density at radius 3 is 2.67 bits per heavy atom. The maximum atomic E-state index is 12.5. The van der Waals surface area contributed by atoms with Gasteiger partial charge in [-0.15, -0.1) is 11.3 Å². The van der Waals surface area contributed by atoms with Crippen molar-refractivity contribution in [2.45, 2.75) is 13.5 Å². The van der Waals surface area contributed by atoms with Gasteiger partial charge >= 0.3 is 0 Å². The average Bonchev–Trinajstić information content (AvgIpc) is 3.34. The zero-order valence-electron chi connectivity index (χ0n) is 15.0. The minimum absolute atomic E-state index is 0.0587. The molecule has 0 saturated heterocycles. The minimum atomic E-state index is -0.0587. The van der Waals surface area contributed by atoms with Crippen LogP contribution in [-0.4, -0.2) is 17.1 Å². The molecule has 1 N–H and O–H groups in total. The van der Waals surface area contributed by atoms with Crippen LogP contribution in [0.2, 0.25) is 0 Å². The van der Waals surface area contributed by atoms with Crippen LogP contribution in [0.15, 0.2) is 72.9 Å². The number of carbonyl (C=O) groups excluding carboxylic acids is 1. The van der Waals surface area contributed by atoms with Crippen LogP contribution in [0.25, 0.3) is 15.9 Å². The van der Waals surface area contributed by atoms with Gasteiger partial charge in [0.15, 0.2) is 0 Å². The van der Waals surface area contributed by atoms with Crippen LogP contribution < -0.4 is 10.1 Å². The van der Waals surface area contributed by atoms with Crippen molar-refractivity contribution in [2.75, 3.05) is 6.61 Å². The van der Waals surface area contributed by atoms with Gasteiger partial charge in [-0.1, -0.05) is 30.3 Å². The largest absolute Gasteiger partial charge is 0.494 e. The molecule has 27 heavy (non-hydrogen) atoms. The Kier molecular flexibility index (Phi) is 4.94. The summed E-state index contributed by atoms with van der Waals surface area (Å²) in [6.07, 6.45) is 2.04. The van der Waals surface area contributed by atoms with E-state index < -0.39 is 0 Å². The summed E-state index contributed by atoms with van der Waals surface area (Å²) < 4.78 is 7.55. The van der Waals surface area contributed by atoms with Gasteiger partial charge in [-0.25, -0.2) is 0 Å². The number of para-hydroxylation sites is 1. The molecular formula is C22H20N2O2S. The minimum Gasteiger partial charge on any atom is -0.494 e. The summed E-state index contributed by atoms with van der Waals surface area (Å²) in [5.74, 6) is 0.783. The molecule has 1 amide bonds. The van der Waals surface area contributed by atoms with Gasteiger partial charge < -0.3 is 14.6 Å². The van der Waals surface area contributed by atoms with Crippen molar-refractivity contribution in [3.63, 3.8) is 0 Å². The summed E-state index contributed by atoms with van der Waals surface area (Å²) in [5.41, 5.74) is 2.18. The second-order valence-electron chi connectivity index (χ2n) is 6.14. The van der Waals surface area contributed by atoms with E-state index in [-0.39, 0.29) is 5.91 Å². The first-order valence-corrected chi connectivity index (χ1v) is 9.72.